The smallest absolute Gasteiger partial charge is 0.241 e. The number of methoxy groups -OCH3 is 1. The molecule has 6 heteroatoms. The zero-order valence-corrected chi connectivity index (χ0v) is 14.9. The molecule has 0 bridgehead atoms. The van der Waals surface area contributed by atoms with Crippen LogP contribution < -0.4 is 14.8 Å². The zero-order chi connectivity index (χ0) is 17.2. The Morgan fingerprint density at radius 1 is 1.12 bits per heavy atom. The Balaban J connectivity index is 1.91. The largest absolute Gasteiger partial charge is 0.496 e. The van der Waals surface area contributed by atoms with Crippen molar-refractivity contribution >= 4 is 20.8 Å². The highest BCUT2D eigenvalue weighted by molar-refractivity contribution is 7.89. The summed E-state index contributed by atoms with van der Waals surface area (Å²) in [6, 6.07) is 10.7. The highest BCUT2D eigenvalue weighted by Crippen LogP contribution is 2.32. The van der Waals surface area contributed by atoms with Gasteiger partial charge < -0.3 is 10.1 Å². The predicted octanol–water partition coefficient (Wildman–Crippen LogP) is 2.52. The molecular weight excluding hydrogens is 324 g/mol. The number of sulfonamides is 1. The summed E-state index contributed by atoms with van der Waals surface area (Å²) in [6.45, 7) is 4.47. The van der Waals surface area contributed by atoms with Crippen molar-refractivity contribution in [3.63, 3.8) is 0 Å². The van der Waals surface area contributed by atoms with Gasteiger partial charge in [0.25, 0.3) is 0 Å². The molecule has 0 unspecified atom stereocenters. The van der Waals surface area contributed by atoms with E-state index in [0.29, 0.717) is 22.6 Å². The molecule has 2 aromatic carbocycles. The van der Waals surface area contributed by atoms with Gasteiger partial charge in [0, 0.05) is 17.3 Å². The molecule has 1 fully saturated rings. The van der Waals surface area contributed by atoms with Gasteiger partial charge in [-0.2, -0.15) is 0 Å². The van der Waals surface area contributed by atoms with Crippen molar-refractivity contribution in [2.75, 3.05) is 26.7 Å². The first kappa shape index (κ1) is 17.2. The Hall–Kier alpha value is -1.63. The van der Waals surface area contributed by atoms with Crippen molar-refractivity contribution in [2.24, 2.45) is 5.41 Å². The van der Waals surface area contributed by atoms with Gasteiger partial charge >= 0.3 is 0 Å². The van der Waals surface area contributed by atoms with Crippen LogP contribution in [0.4, 0.5) is 0 Å². The number of benzene rings is 2. The highest BCUT2D eigenvalue weighted by Gasteiger charge is 2.29. The molecule has 1 saturated heterocycles. The monoisotopic (exact) mass is 348 g/mol. The molecule has 1 aliphatic heterocycles. The van der Waals surface area contributed by atoms with Gasteiger partial charge in [-0.25, -0.2) is 13.1 Å². The molecule has 1 heterocycles. The molecule has 0 aliphatic carbocycles. The van der Waals surface area contributed by atoms with Gasteiger partial charge in [0.1, 0.15) is 5.75 Å². The fourth-order valence-electron chi connectivity index (χ4n) is 3.21. The van der Waals surface area contributed by atoms with E-state index in [-0.39, 0.29) is 5.41 Å². The Kier molecular flexibility index (Phi) is 4.80. The molecule has 3 rings (SSSR count). The third-order valence-corrected chi connectivity index (χ3v) is 6.31. The summed E-state index contributed by atoms with van der Waals surface area (Å²) in [5, 5.41) is 4.80. The molecule has 0 amide bonds. The first-order valence-electron chi connectivity index (χ1n) is 8.21. The van der Waals surface area contributed by atoms with Crippen molar-refractivity contribution in [1.82, 2.24) is 10.0 Å². The van der Waals surface area contributed by atoms with Crippen LogP contribution in [0.3, 0.4) is 0 Å². The number of nitrogens with one attached hydrogen (secondary N) is 2. The standard InChI is InChI=1S/C18H24N2O3S/c1-18(9-11-19-12-10-18)13-20-24(21,22)17-8-7-16(23-2)14-5-3-4-6-15(14)17/h3-8,19-20H,9-13H2,1-2H3. The summed E-state index contributed by atoms with van der Waals surface area (Å²) < 4.78 is 33.9. The molecule has 1 aliphatic rings. The zero-order valence-electron chi connectivity index (χ0n) is 14.1. The van der Waals surface area contributed by atoms with Gasteiger partial charge in [-0.3, -0.25) is 0 Å². The van der Waals surface area contributed by atoms with Crippen molar-refractivity contribution in [1.29, 1.82) is 0 Å². The lowest BCUT2D eigenvalue weighted by Gasteiger charge is -2.34. The van der Waals surface area contributed by atoms with E-state index in [4.69, 9.17) is 4.74 Å². The number of hydrogen-bond acceptors (Lipinski definition) is 4. The molecule has 0 atom stereocenters. The third-order valence-electron chi connectivity index (χ3n) is 4.85. The maximum Gasteiger partial charge on any atom is 0.241 e. The molecule has 5 nitrogen and oxygen atoms in total. The predicted molar refractivity (Wildman–Crippen MR) is 95.9 cm³/mol. The summed E-state index contributed by atoms with van der Waals surface area (Å²) in [6.07, 6.45) is 1.94. The van der Waals surface area contributed by atoms with E-state index in [1.807, 2.05) is 24.3 Å². The van der Waals surface area contributed by atoms with E-state index in [1.165, 1.54) is 0 Å². The van der Waals surface area contributed by atoms with E-state index in [1.54, 1.807) is 19.2 Å². The van der Waals surface area contributed by atoms with Crippen LogP contribution in [0.2, 0.25) is 0 Å². The van der Waals surface area contributed by atoms with Crippen LogP contribution in [0.15, 0.2) is 41.3 Å². The van der Waals surface area contributed by atoms with Crippen molar-refractivity contribution in [3.8, 4) is 5.75 Å². The van der Waals surface area contributed by atoms with Crippen LogP contribution >= 0.6 is 0 Å². The van der Waals surface area contributed by atoms with Crippen LogP contribution in [0.5, 0.6) is 5.75 Å². The lowest BCUT2D eigenvalue weighted by Crippen LogP contribution is -2.42. The maximum atomic E-state index is 12.9. The molecule has 0 aromatic heterocycles. The molecule has 0 spiro atoms. The molecule has 130 valence electrons. The number of ether oxygens (including phenoxy) is 1. The Bertz CT molecular complexity index is 827. The average molecular weight is 348 g/mol. The number of piperidine rings is 1. The quantitative estimate of drug-likeness (QED) is 0.871. The second-order valence-corrected chi connectivity index (χ2v) is 8.43. The summed E-state index contributed by atoms with van der Waals surface area (Å²) in [4.78, 5) is 0.302. The van der Waals surface area contributed by atoms with Crippen molar-refractivity contribution < 1.29 is 13.2 Å². The average Bonchev–Trinajstić information content (AvgIpc) is 2.60. The van der Waals surface area contributed by atoms with Crippen LogP contribution in [0, 0.1) is 5.41 Å². The van der Waals surface area contributed by atoms with E-state index in [0.717, 1.165) is 31.3 Å². The lowest BCUT2D eigenvalue weighted by molar-refractivity contribution is 0.232. The van der Waals surface area contributed by atoms with Crippen LogP contribution in [-0.2, 0) is 10.0 Å². The normalized spacial score (nSPS) is 17.8. The van der Waals surface area contributed by atoms with Crippen LogP contribution in [-0.4, -0.2) is 35.2 Å². The lowest BCUT2D eigenvalue weighted by atomic mass is 9.81. The van der Waals surface area contributed by atoms with E-state index >= 15 is 0 Å². The van der Waals surface area contributed by atoms with Crippen molar-refractivity contribution in [3.05, 3.63) is 36.4 Å². The SMILES string of the molecule is COc1ccc(S(=O)(=O)NCC2(C)CCNCC2)c2ccccc12. The second kappa shape index (κ2) is 6.70. The van der Waals surface area contributed by atoms with Gasteiger partial charge in [-0.15, -0.1) is 0 Å². The van der Waals surface area contributed by atoms with E-state index in [2.05, 4.69) is 17.0 Å². The van der Waals surface area contributed by atoms with Gasteiger partial charge in [0.05, 0.1) is 12.0 Å². The summed E-state index contributed by atoms with van der Waals surface area (Å²) >= 11 is 0. The summed E-state index contributed by atoms with van der Waals surface area (Å²) in [5.74, 6) is 0.676. The maximum absolute atomic E-state index is 12.9. The van der Waals surface area contributed by atoms with Crippen LogP contribution in [0.25, 0.3) is 10.8 Å². The number of hydrogen-bond donors (Lipinski definition) is 2. The third kappa shape index (κ3) is 3.41. The molecule has 2 aromatic rings. The number of rotatable bonds is 5. The fraction of sp³-hybridized carbons (Fsp3) is 0.444. The fourth-order valence-corrected chi connectivity index (χ4v) is 4.62. The van der Waals surface area contributed by atoms with E-state index < -0.39 is 10.0 Å². The molecule has 0 radical (unpaired) electrons. The van der Waals surface area contributed by atoms with Gasteiger partial charge in [-0.1, -0.05) is 31.2 Å². The van der Waals surface area contributed by atoms with Crippen LogP contribution in [0.1, 0.15) is 19.8 Å². The second-order valence-electron chi connectivity index (χ2n) is 6.70. The Labute approximate surface area is 143 Å². The molecular formula is C18H24N2O3S. The molecule has 2 N–H and O–H groups in total. The number of fused-ring (bicyclic) bond motifs is 1. The Morgan fingerprint density at radius 3 is 2.46 bits per heavy atom. The topological polar surface area (TPSA) is 67.4 Å². The van der Waals surface area contributed by atoms with Gasteiger partial charge in [0.15, 0.2) is 0 Å². The minimum atomic E-state index is -3.58. The first-order chi connectivity index (χ1) is 11.5. The van der Waals surface area contributed by atoms with Crippen molar-refractivity contribution in [2.45, 2.75) is 24.7 Å². The minimum Gasteiger partial charge on any atom is -0.496 e. The summed E-state index contributed by atoms with van der Waals surface area (Å²) in [5.41, 5.74) is 0.000589. The van der Waals surface area contributed by atoms with Gasteiger partial charge in [0.2, 0.25) is 10.0 Å². The Morgan fingerprint density at radius 2 is 1.79 bits per heavy atom. The first-order valence-corrected chi connectivity index (χ1v) is 9.70. The highest BCUT2D eigenvalue weighted by atomic mass is 32.2. The summed E-state index contributed by atoms with van der Waals surface area (Å²) in [7, 11) is -1.99. The molecule has 0 saturated carbocycles. The minimum absolute atomic E-state index is 0.000589. The molecule has 24 heavy (non-hydrogen) atoms. The van der Waals surface area contributed by atoms with E-state index in [9.17, 15) is 8.42 Å². The van der Waals surface area contributed by atoms with Gasteiger partial charge in [-0.05, 0) is 43.5 Å².